The standard InChI is InChI=1S/C14H16ClN3O/c1-14(2,11-3-5-12(15)6-4-11)9-16-13(19)10-7-17-18-8-10/h3-8H,9H2,1-2H3,(H,16,19)(H,17,18). The van der Waals surface area contributed by atoms with Crippen LogP contribution < -0.4 is 5.32 Å². The highest BCUT2D eigenvalue weighted by atomic mass is 35.5. The van der Waals surface area contributed by atoms with Crippen LogP contribution in [0.3, 0.4) is 0 Å². The molecule has 1 heterocycles. The van der Waals surface area contributed by atoms with Crippen LogP contribution >= 0.6 is 11.6 Å². The summed E-state index contributed by atoms with van der Waals surface area (Å²) in [6.07, 6.45) is 3.08. The van der Waals surface area contributed by atoms with Crippen LogP contribution in [0.1, 0.15) is 29.8 Å². The number of benzene rings is 1. The van der Waals surface area contributed by atoms with Crippen LogP contribution in [0.5, 0.6) is 0 Å². The normalized spacial score (nSPS) is 11.3. The molecular formula is C14H16ClN3O. The lowest BCUT2D eigenvalue weighted by Gasteiger charge is -2.25. The molecule has 0 aliphatic heterocycles. The fourth-order valence-corrected chi connectivity index (χ4v) is 1.91. The van der Waals surface area contributed by atoms with E-state index in [9.17, 15) is 4.79 Å². The van der Waals surface area contributed by atoms with Gasteiger partial charge in [-0.25, -0.2) is 0 Å². The Morgan fingerprint density at radius 1 is 1.37 bits per heavy atom. The van der Waals surface area contributed by atoms with E-state index in [1.54, 1.807) is 6.20 Å². The molecule has 0 saturated carbocycles. The molecule has 2 rings (SSSR count). The topological polar surface area (TPSA) is 57.8 Å². The molecule has 0 fully saturated rings. The number of nitrogens with one attached hydrogen (secondary N) is 2. The zero-order chi connectivity index (χ0) is 13.9. The number of carbonyl (C=O) groups excluding carboxylic acids is 1. The molecule has 4 nitrogen and oxygen atoms in total. The molecule has 0 aliphatic rings. The molecule has 0 spiro atoms. The van der Waals surface area contributed by atoms with Crippen molar-refractivity contribution in [3.63, 3.8) is 0 Å². The molecule has 5 heteroatoms. The zero-order valence-corrected chi connectivity index (χ0v) is 11.7. The third-order valence-electron chi connectivity index (χ3n) is 3.08. The number of hydrogen-bond donors (Lipinski definition) is 2. The number of aromatic nitrogens is 2. The first-order valence-electron chi connectivity index (χ1n) is 6.02. The number of carbonyl (C=O) groups is 1. The van der Waals surface area contributed by atoms with E-state index < -0.39 is 0 Å². The first kappa shape index (κ1) is 13.6. The van der Waals surface area contributed by atoms with Gasteiger partial charge in [-0.2, -0.15) is 5.10 Å². The minimum atomic E-state index is -0.163. The number of H-pyrrole nitrogens is 1. The maximum Gasteiger partial charge on any atom is 0.254 e. The van der Waals surface area contributed by atoms with Crippen LogP contribution in [-0.4, -0.2) is 22.6 Å². The molecule has 1 aromatic heterocycles. The van der Waals surface area contributed by atoms with Crippen LogP contribution in [0, 0.1) is 0 Å². The Balaban J connectivity index is 2.01. The second-order valence-electron chi connectivity index (χ2n) is 5.06. The predicted molar refractivity (Wildman–Crippen MR) is 75.4 cm³/mol. The van der Waals surface area contributed by atoms with Crippen LogP contribution in [-0.2, 0) is 5.41 Å². The van der Waals surface area contributed by atoms with Crippen molar-refractivity contribution >= 4 is 17.5 Å². The quantitative estimate of drug-likeness (QED) is 0.903. The maximum atomic E-state index is 11.8. The van der Waals surface area contributed by atoms with Crippen molar-refractivity contribution in [2.75, 3.05) is 6.54 Å². The average Bonchev–Trinajstić information content (AvgIpc) is 2.90. The minimum Gasteiger partial charge on any atom is -0.351 e. The molecule has 1 aromatic carbocycles. The van der Waals surface area contributed by atoms with E-state index in [-0.39, 0.29) is 11.3 Å². The van der Waals surface area contributed by atoms with Crippen molar-refractivity contribution in [3.8, 4) is 0 Å². The summed E-state index contributed by atoms with van der Waals surface area (Å²) in [4.78, 5) is 11.8. The monoisotopic (exact) mass is 277 g/mol. The number of rotatable bonds is 4. The fraction of sp³-hybridized carbons (Fsp3) is 0.286. The van der Waals surface area contributed by atoms with Gasteiger partial charge in [0.15, 0.2) is 0 Å². The van der Waals surface area contributed by atoms with Crippen molar-refractivity contribution in [2.24, 2.45) is 0 Å². The number of aromatic amines is 1. The summed E-state index contributed by atoms with van der Waals surface area (Å²) < 4.78 is 0. The molecule has 1 amide bonds. The van der Waals surface area contributed by atoms with E-state index in [0.29, 0.717) is 17.1 Å². The van der Waals surface area contributed by atoms with E-state index in [1.165, 1.54) is 6.20 Å². The average molecular weight is 278 g/mol. The van der Waals surface area contributed by atoms with Crippen molar-refractivity contribution < 1.29 is 4.79 Å². The molecule has 19 heavy (non-hydrogen) atoms. The second-order valence-corrected chi connectivity index (χ2v) is 5.50. The molecule has 0 bridgehead atoms. The summed E-state index contributed by atoms with van der Waals surface area (Å²) in [6.45, 7) is 4.69. The number of halogens is 1. The fourth-order valence-electron chi connectivity index (χ4n) is 1.78. The van der Waals surface area contributed by atoms with Gasteiger partial charge in [-0.3, -0.25) is 9.89 Å². The Bertz CT molecular complexity index is 547. The van der Waals surface area contributed by atoms with Crippen molar-refractivity contribution in [1.29, 1.82) is 0 Å². The van der Waals surface area contributed by atoms with Crippen molar-refractivity contribution in [3.05, 3.63) is 52.8 Å². The van der Waals surface area contributed by atoms with Gasteiger partial charge in [-0.1, -0.05) is 37.6 Å². The molecule has 2 aromatic rings. The Labute approximate surface area is 117 Å². The lowest BCUT2D eigenvalue weighted by atomic mass is 9.84. The van der Waals surface area contributed by atoms with Crippen LogP contribution in [0.25, 0.3) is 0 Å². The second kappa shape index (κ2) is 5.45. The zero-order valence-electron chi connectivity index (χ0n) is 10.9. The molecule has 100 valence electrons. The summed E-state index contributed by atoms with van der Waals surface area (Å²) in [5, 5.41) is 9.99. The van der Waals surface area contributed by atoms with E-state index in [2.05, 4.69) is 29.4 Å². The van der Waals surface area contributed by atoms with Gasteiger partial charge in [-0.05, 0) is 17.7 Å². The highest BCUT2D eigenvalue weighted by molar-refractivity contribution is 6.30. The van der Waals surface area contributed by atoms with Gasteiger partial charge in [0.1, 0.15) is 0 Å². The lowest BCUT2D eigenvalue weighted by molar-refractivity contribution is 0.0945. The summed E-state index contributed by atoms with van der Waals surface area (Å²) in [5.74, 6) is -0.129. The molecular weight excluding hydrogens is 262 g/mol. The van der Waals surface area contributed by atoms with Gasteiger partial charge in [0.05, 0.1) is 11.8 Å². The van der Waals surface area contributed by atoms with Gasteiger partial charge >= 0.3 is 0 Å². The van der Waals surface area contributed by atoms with Crippen molar-refractivity contribution in [1.82, 2.24) is 15.5 Å². The minimum absolute atomic E-state index is 0.129. The summed E-state index contributed by atoms with van der Waals surface area (Å²) in [5.41, 5.74) is 1.50. The van der Waals surface area contributed by atoms with E-state index in [4.69, 9.17) is 11.6 Å². The Morgan fingerprint density at radius 3 is 2.63 bits per heavy atom. The van der Waals surface area contributed by atoms with Gasteiger partial charge in [0.25, 0.3) is 5.91 Å². The highest BCUT2D eigenvalue weighted by Gasteiger charge is 2.21. The summed E-state index contributed by atoms with van der Waals surface area (Å²) in [6, 6.07) is 7.67. The maximum absolute atomic E-state index is 11.8. The highest BCUT2D eigenvalue weighted by Crippen LogP contribution is 2.23. The Kier molecular flexibility index (Phi) is 3.90. The van der Waals surface area contributed by atoms with Gasteiger partial charge < -0.3 is 5.32 Å². The molecule has 0 aliphatic carbocycles. The number of nitrogens with zero attached hydrogens (tertiary/aromatic N) is 1. The van der Waals surface area contributed by atoms with Gasteiger partial charge in [0.2, 0.25) is 0 Å². The van der Waals surface area contributed by atoms with Gasteiger partial charge in [0, 0.05) is 23.2 Å². The van der Waals surface area contributed by atoms with E-state index in [0.717, 1.165) is 5.56 Å². The van der Waals surface area contributed by atoms with Crippen molar-refractivity contribution in [2.45, 2.75) is 19.3 Å². The SMILES string of the molecule is CC(C)(CNC(=O)c1cn[nH]c1)c1ccc(Cl)cc1. The van der Waals surface area contributed by atoms with E-state index in [1.807, 2.05) is 24.3 Å². The van der Waals surface area contributed by atoms with Crippen LogP contribution in [0.2, 0.25) is 5.02 Å². The smallest absolute Gasteiger partial charge is 0.254 e. The predicted octanol–water partition coefficient (Wildman–Crippen LogP) is 2.77. The molecule has 0 saturated heterocycles. The third kappa shape index (κ3) is 3.35. The molecule has 0 unspecified atom stereocenters. The number of hydrogen-bond acceptors (Lipinski definition) is 2. The molecule has 0 radical (unpaired) electrons. The molecule has 2 N–H and O–H groups in total. The number of amides is 1. The summed E-state index contributed by atoms with van der Waals surface area (Å²) >= 11 is 5.88. The van der Waals surface area contributed by atoms with Crippen LogP contribution in [0.15, 0.2) is 36.7 Å². The van der Waals surface area contributed by atoms with E-state index >= 15 is 0 Å². The Hall–Kier alpha value is -1.81. The first-order valence-corrected chi connectivity index (χ1v) is 6.40. The third-order valence-corrected chi connectivity index (χ3v) is 3.33. The van der Waals surface area contributed by atoms with Crippen LogP contribution in [0.4, 0.5) is 0 Å². The Morgan fingerprint density at radius 2 is 2.05 bits per heavy atom. The van der Waals surface area contributed by atoms with Gasteiger partial charge in [-0.15, -0.1) is 0 Å². The summed E-state index contributed by atoms with van der Waals surface area (Å²) in [7, 11) is 0. The largest absolute Gasteiger partial charge is 0.351 e. The lowest BCUT2D eigenvalue weighted by Crippen LogP contribution is -2.36. The molecule has 0 atom stereocenters. The first-order chi connectivity index (χ1) is 8.99.